The Kier molecular flexibility index (Phi) is 6.92. The molecule has 1 aliphatic carbocycles. The fourth-order valence-electron chi connectivity index (χ4n) is 2.84. The highest BCUT2D eigenvalue weighted by Crippen LogP contribution is 2.36. The summed E-state index contributed by atoms with van der Waals surface area (Å²) in [7, 11) is 0. The summed E-state index contributed by atoms with van der Waals surface area (Å²) in [6.07, 6.45) is -2.06. The molecule has 0 spiro atoms. The predicted octanol–water partition coefficient (Wildman–Crippen LogP) is 3.28. The number of hydrogen-bond acceptors (Lipinski definition) is 3. The SMILES string of the molecule is CC(Oc1ccccc1C(F)(F)F)C(=O)NC1(CN)CCCC1.Cl. The van der Waals surface area contributed by atoms with Crippen LogP contribution in [0.15, 0.2) is 24.3 Å². The zero-order chi connectivity index (χ0) is 17.1. The number of nitrogens with two attached hydrogens (primary N) is 1. The van der Waals surface area contributed by atoms with E-state index in [0.29, 0.717) is 6.54 Å². The number of para-hydroxylation sites is 1. The van der Waals surface area contributed by atoms with E-state index in [1.165, 1.54) is 25.1 Å². The molecule has 1 aliphatic rings. The molecule has 1 atom stereocenters. The Morgan fingerprint density at radius 2 is 1.92 bits per heavy atom. The van der Waals surface area contributed by atoms with Gasteiger partial charge in [0.15, 0.2) is 6.10 Å². The van der Waals surface area contributed by atoms with Crippen molar-refractivity contribution in [2.24, 2.45) is 5.73 Å². The molecule has 24 heavy (non-hydrogen) atoms. The highest BCUT2D eigenvalue weighted by Gasteiger charge is 2.37. The fourth-order valence-corrected chi connectivity index (χ4v) is 2.84. The molecule has 8 heteroatoms. The van der Waals surface area contributed by atoms with Crippen LogP contribution in [0.4, 0.5) is 13.2 Å². The van der Waals surface area contributed by atoms with Crippen LogP contribution in [0.5, 0.6) is 5.75 Å². The molecule has 1 fully saturated rings. The minimum Gasteiger partial charge on any atom is -0.480 e. The number of carbonyl (C=O) groups is 1. The van der Waals surface area contributed by atoms with Crippen LogP contribution in [0.1, 0.15) is 38.2 Å². The maximum absolute atomic E-state index is 12.9. The first-order valence-electron chi connectivity index (χ1n) is 7.62. The second-order valence-corrected chi connectivity index (χ2v) is 5.93. The van der Waals surface area contributed by atoms with E-state index in [4.69, 9.17) is 10.5 Å². The van der Waals surface area contributed by atoms with Crippen LogP contribution in [0, 0.1) is 0 Å². The Balaban J connectivity index is 0.00000288. The molecule has 1 aromatic carbocycles. The van der Waals surface area contributed by atoms with E-state index in [-0.39, 0.29) is 18.2 Å². The molecular formula is C16H22ClF3N2O2. The predicted molar refractivity (Wildman–Crippen MR) is 87.2 cm³/mol. The van der Waals surface area contributed by atoms with Gasteiger partial charge in [-0.2, -0.15) is 13.2 Å². The van der Waals surface area contributed by atoms with Crippen molar-refractivity contribution in [2.75, 3.05) is 6.54 Å². The van der Waals surface area contributed by atoms with E-state index in [0.717, 1.165) is 31.7 Å². The number of benzene rings is 1. The molecule has 1 aromatic rings. The van der Waals surface area contributed by atoms with E-state index in [2.05, 4.69) is 5.32 Å². The molecule has 0 bridgehead atoms. The summed E-state index contributed by atoms with van der Waals surface area (Å²) in [5.41, 5.74) is 4.39. The molecule has 1 saturated carbocycles. The minimum atomic E-state index is -4.53. The number of halogens is 4. The number of nitrogens with one attached hydrogen (secondary N) is 1. The maximum atomic E-state index is 12.9. The number of ether oxygens (including phenoxy) is 1. The van der Waals surface area contributed by atoms with E-state index in [9.17, 15) is 18.0 Å². The lowest BCUT2D eigenvalue weighted by Gasteiger charge is -2.30. The van der Waals surface area contributed by atoms with Gasteiger partial charge in [0.05, 0.1) is 11.1 Å². The van der Waals surface area contributed by atoms with Crippen molar-refractivity contribution in [1.29, 1.82) is 0 Å². The third-order valence-electron chi connectivity index (χ3n) is 4.21. The van der Waals surface area contributed by atoms with Crippen molar-refractivity contribution in [1.82, 2.24) is 5.32 Å². The van der Waals surface area contributed by atoms with Gasteiger partial charge >= 0.3 is 6.18 Å². The Bertz CT molecular complexity index is 560. The van der Waals surface area contributed by atoms with E-state index >= 15 is 0 Å². The summed E-state index contributed by atoms with van der Waals surface area (Å²) in [6.45, 7) is 1.74. The van der Waals surface area contributed by atoms with E-state index < -0.39 is 29.3 Å². The van der Waals surface area contributed by atoms with Gasteiger partial charge in [0.1, 0.15) is 5.75 Å². The molecule has 0 saturated heterocycles. The van der Waals surface area contributed by atoms with Crippen molar-refractivity contribution in [3.05, 3.63) is 29.8 Å². The third-order valence-corrected chi connectivity index (χ3v) is 4.21. The first-order valence-corrected chi connectivity index (χ1v) is 7.62. The number of rotatable bonds is 5. The van der Waals surface area contributed by atoms with Crippen molar-refractivity contribution >= 4 is 18.3 Å². The van der Waals surface area contributed by atoms with Gasteiger partial charge in [0.25, 0.3) is 5.91 Å². The van der Waals surface area contributed by atoms with Crippen LogP contribution in [-0.2, 0) is 11.0 Å². The van der Waals surface area contributed by atoms with Crippen molar-refractivity contribution in [3.8, 4) is 5.75 Å². The summed E-state index contributed by atoms with van der Waals surface area (Å²) in [4.78, 5) is 12.3. The first-order chi connectivity index (χ1) is 10.8. The lowest BCUT2D eigenvalue weighted by atomic mass is 9.97. The summed E-state index contributed by atoms with van der Waals surface area (Å²) in [6, 6.07) is 4.86. The summed E-state index contributed by atoms with van der Waals surface area (Å²) in [5, 5.41) is 2.85. The lowest BCUT2D eigenvalue weighted by Crippen LogP contribution is -2.54. The number of carbonyl (C=O) groups excluding carboxylic acids is 1. The van der Waals surface area contributed by atoms with Crippen LogP contribution in [0.25, 0.3) is 0 Å². The van der Waals surface area contributed by atoms with Gasteiger partial charge in [-0.3, -0.25) is 4.79 Å². The maximum Gasteiger partial charge on any atom is 0.419 e. The van der Waals surface area contributed by atoms with E-state index in [1.807, 2.05) is 0 Å². The molecule has 3 N–H and O–H groups in total. The lowest BCUT2D eigenvalue weighted by molar-refractivity contribution is -0.141. The topological polar surface area (TPSA) is 64.3 Å². The van der Waals surface area contributed by atoms with Gasteiger partial charge in [-0.1, -0.05) is 25.0 Å². The Morgan fingerprint density at radius 3 is 2.46 bits per heavy atom. The molecule has 2 rings (SSSR count). The van der Waals surface area contributed by atoms with Crippen molar-refractivity contribution in [2.45, 2.75) is 50.4 Å². The highest BCUT2D eigenvalue weighted by atomic mass is 35.5. The fraction of sp³-hybridized carbons (Fsp3) is 0.562. The van der Waals surface area contributed by atoms with Crippen LogP contribution in [-0.4, -0.2) is 24.1 Å². The van der Waals surface area contributed by atoms with Crippen LogP contribution in [0.2, 0.25) is 0 Å². The van der Waals surface area contributed by atoms with E-state index in [1.54, 1.807) is 0 Å². The molecule has 0 aromatic heterocycles. The molecule has 136 valence electrons. The minimum absolute atomic E-state index is 0. The quantitative estimate of drug-likeness (QED) is 0.840. The second kappa shape index (κ2) is 8.07. The Labute approximate surface area is 145 Å². The van der Waals surface area contributed by atoms with Crippen molar-refractivity contribution in [3.63, 3.8) is 0 Å². The van der Waals surface area contributed by atoms with Crippen LogP contribution >= 0.6 is 12.4 Å². The van der Waals surface area contributed by atoms with Crippen molar-refractivity contribution < 1.29 is 22.7 Å². The zero-order valence-electron chi connectivity index (χ0n) is 13.4. The molecule has 0 heterocycles. The van der Waals surface area contributed by atoms with Crippen LogP contribution < -0.4 is 15.8 Å². The normalized spacial score (nSPS) is 17.7. The number of amides is 1. The number of alkyl halides is 3. The summed E-state index contributed by atoms with van der Waals surface area (Å²) < 4.78 is 44.1. The Hall–Kier alpha value is -1.47. The molecule has 1 unspecified atom stereocenters. The molecule has 0 aliphatic heterocycles. The van der Waals surface area contributed by atoms with Gasteiger partial charge in [-0.25, -0.2) is 0 Å². The highest BCUT2D eigenvalue weighted by molar-refractivity contribution is 5.85. The summed E-state index contributed by atoms with van der Waals surface area (Å²) in [5.74, 6) is -0.801. The van der Waals surface area contributed by atoms with Crippen LogP contribution in [0.3, 0.4) is 0 Å². The smallest absolute Gasteiger partial charge is 0.419 e. The standard InChI is InChI=1S/C16H21F3N2O2.ClH/c1-11(14(22)21-15(10-20)8-4-5-9-15)23-13-7-3-2-6-12(13)16(17,18)19;/h2-3,6-7,11H,4-5,8-10,20H2,1H3,(H,21,22);1H. The second-order valence-electron chi connectivity index (χ2n) is 5.93. The molecule has 4 nitrogen and oxygen atoms in total. The zero-order valence-corrected chi connectivity index (χ0v) is 14.2. The van der Waals surface area contributed by atoms with Gasteiger partial charge < -0.3 is 15.8 Å². The molecule has 0 radical (unpaired) electrons. The first kappa shape index (κ1) is 20.6. The molecule has 1 amide bonds. The number of hydrogen-bond donors (Lipinski definition) is 2. The van der Waals surface area contributed by atoms with Gasteiger partial charge in [-0.05, 0) is 31.9 Å². The average Bonchev–Trinajstić information content (AvgIpc) is 2.95. The molecular weight excluding hydrogens is 345 g/mol. The average molecular weight is 367 g/mol. The van der Waals surface area contributed by atoms with Gasteiger partial charge in [0.2, 0.25) is 0 Å². The monoisotopic (exact) mass is 366 g/mol. The van der Waals surface area contributed by atoms with Gasteiger partial charge in [0, 0.05) is 6.54 Å². The van der Waals surface area contributed by atoms with Gasteiger partial charge in [-0.15, -0.1) is 12.4 Å². The summed E-state index contributed by atoms with van der Waals surface area (Å²) >= 11 is 0. The Morgan fingerprint density at radius 1 is 1.33 bits per heavy atom. The third kappa shape index (κ3) is 4.77. The largest absolute Gasteiger partial charge is 0.480 e.